The van der Waals surface area contributed by atoms with E-state index in [0.717, 1.165) is 31.1 Å². The fraction of sp³-hybridized carbons (Fsp3) is 0.727. The van der Waals surface area contributed by atoms with Crippen LogP contribution in [0.5, 0.6) is 0 Å². The number of aromatic nitrogens is 2. The third-order valence-electron chi connectivity index (χ3n) is 2.50. The lowest BCUT2D eigenvalue weighted by Crippen LogP contribution is -2.22. The summed E-state index contributed by atoms with van der Waals surface area (Å²) in [6.45, 7) is 6.12. The maximum absolute atomic E-state index is 5.68. The van der Waals surface area contributed by atoms with Crippen LogP contribution < -0.4 is 5.32 Å². The zero-order chi connectivity index (χ0) is 11.3. The van der Waals surface area contributed by atoms with E-state index in [1.54, 1.807) is 0 Å². The molecule has 1 unspecified atom stereocenters. The number of alkyl halides is 1. The molecule has 0 radical (unpaired) electrons. The fourth-order valence-corrected chi connectivity index (χ4v) is 1.94. The van der Waals surface area contributed by atoms with Gasteiger partial charge in [-0.25, -0.2) is 0 Å². The van der Waals surface area contributed by atoms with Gasteiger partial charge < -0.3 is 5.32 Å². The van der Waals surface area contributed by atoms with E-state index in [1.807, 2.05) is 18.7 Å². The van der Waals surface area contributed by atoms with E-state index in [1.165, 1.54) is 5.69 Å². The van der Waals surface area contributed by atoms with Crippen molar-refractivity contribution in [2.45, 2.75) is 26.8 Å². The largest absolute Gasteiger partial charge is 0.311 e. The summed E-state index contributed by atoms with van der Waals surface area (Å²) in [5, 5.41) is 7.72. The first-order valence-corrected chi connectivity index (χ1v) is 5.93. The first kappa shape index (κ1) is 12.5. The minimum Gasteiger partial charge on any atom is -0.311 e. The number of hydrogen-bond acceptors (Lipinski definition) is 2. The molecule has 0 amide bonds. The summed E-state index contributed by atoms with van der Waals surface area (Å²) in [6.07, 6.45) is 1.07. The monoisotopic (exact) mass is 229 g/mol. The van der Waals surface area contributed by atoms with Gasteiger partial charge in [0.2, 0.25) is 0 Å². The van der Waals surface area contributed by atoms with Crippen molar-refractivity contribution in [3.05, 3.63) is 17.5 Å². The first-order chi connectivity index (χ1) is 7.13. The van der Waals surface area contributed by atoms with Crippen LogP contribution in [0.15, 0.2) is 6.07 Å². The van der Waals surface area contributed by atoms with Gasteiger partial charge in [0.05, 0.1) is 11.4 Å². The summed E-state index contributed by atoms with van der Waals surface area (Å²) in [4.78, 5) is 0. The average molecular weight is 230 g/mol. The van der Waals surface area contributed by atoms with Crippen molar-refractivity contribution in [1.29, 1.82) is 0 Å². The molecule has 15 heavy (non-hydrogen) atoms. The van der Waals surface area contributed by atoms with Gasteiger partial charge >= 0.3 is 0 Å². The Morgan fingerprint density at radius 2 is 2.33 bits per heavy atom. The van der Waals surface area contributed by atoms with Gasteiger partial charge in [0.25, 0.3) is 0 Å². The Hall–Kier alpha value is -0.540. The van der Waals surface area contributed by atoms with E-state index in [4.69, 9.17) is 11.6 Å². The van der Waals surface area contributed by atoms with Crippen molar-refractivity contribution >= 4 is 11.6 Å². The van der Waals surface area contributed by atoms with Crippen LogP contribution in [0.1, 0.15) is 24.7 Å². The first-order valence-electron chi connectivity index (χ1n) is 5.39. The summed E-state index contributed by atoms with van der Waals surface area (Å²) in [5.74, 6) is 1.38. The van der Waals surface area contributed by atoms with E-state index in [2.05, 4.69) is 23.4 Å². The van der Waals surface area contributed by atoms with E-state index >= 15 is 0 Å². The minimum absolute atomic E-state index is 0.636. The molecule has 0 aliphatic rings. The van der Waals surface area contributed by atoms with Crippen molar-refractivity contribution in [2.75, 3.05) is 12.4 Å². The second kappa shape index (κ2) is 6.13. The molecule has 1 N–H and O–H groups in total. The highest BCUT2D eigenvalue weighted by Crippen LogP contribution is 2.04. The molecule has 0 fully saturated rings. The van der Waals surface area contributed by atoms with Crippen molar-refractivity contribution in [1.82, 2.24) is 15.1 Å². The molecule has 0 bridgehead atoms. The van der Waals surface area contributed by atoms with E-state index in [0.29, 0.717) is 5.92 Å². The highest BCUT2D eigenvalue weighted by atomic mass is 35.5. The summed E-state index contributed by atoms with van der Waals surface area (Å²) in [6, 6.07) is 2.11. The Bertz CT molecular complexity index is 296. The van der Waals surface area contributed by atoms with Crippen molar-refractivity contribution < 1.29 is 0 Å². The molecule has 4 heteroatoms. The Morgan fingerprint density at radius 3 is 2.87 bits per heavy atom. The molecule has 3 nitrogen and oxygen atoms in total. The predicted octanol–water partition coefficient (Wildman–Crippen LogP) is 2.08. The topological polar surface area (TPSA) is 29.9 Å². The molecule has 0 spiro atoms. The third-order valence-corrected chi connectivity index (χ3v) is 2.72. The molecule has 1 atom stereocenters. The lowest BCUT2D eigenvalue weighted by molar-refractivity contribution is 0.493. The van der Waals surface area contributed by atoms with Crippen LogP contribution in [0.25, 0.3) is 0 Å². The number of nitrogens with zero attached hydrogens (tertiary/aromatic N) is 2. The molecular formula is C11H20ClN3. The Morgan fingerprint density at radius 1 is 1.60 bits per heavy atom. The van der Waals surface area contributed by atoms with Gasteiger partial charge in [0.1, 0.15) is 0 Å². The quantitative estimate of drug-likeness (QED) is 0.758. The Kier molecular flexibility index (Phi) is 5.12. The van der Waals surface area contributed by atoms with Crippen LogP contribution in [-0.4, -0.2) is 22.2 Å². The van der Waals surface area contributed by atoms with Gasteiger partial charge in [0.15, 0.2) is 0 Å². The minimum atomic E-state index is 0.636. The zero-order valence-corrected chi connectivity index (χ0v) is 10.5. The standard InChI is InChI=1S/C11H20ClN3/c1-9(4-5-12)7-13-8-11-6-10(2)14-15(11)3/h6,9,13H,4-5,7-8H2,1-3H3. The number of halogens is 1. The number of rotatable bonds is 6. The SMILES string of the molecule is Cc1cc(CNCC(C)CCCl)n(C)n1. The number of hydrogen-bond donors (Lipinski definition) is 1. The van der Waals surface area contributed by atoms with Gasteiger partial charge in [-0.3, -0.25) is 4.68 Å². The van der Waals surface area contributed by atoms with Crippen molar-refractivity contribution in [3.8, 4) is 0 Å². The molecule has 0 saturated heterocycles. The van der Waals surface area contributed by atoms with Crippen LogP contribution >= 0.6 is 11.6 Å². The van der Waals surface area contributed by atoms with E-state index in [-0.39, 0.29) is 0 Å². The summed E-state index contributed by atoms with van der Waals surface area (Å²) >= 11 is 5.68. The third kappa shape index (κ3) is 4.22. The summed E-state index contributed by atoms with van der Waals surface area (Å²) in [5.41, 5.74) is 2.30. The van der Waals surface area contributed by atoms with Crippen LogP contribution in [0.2, 0.25) is 0 Å². The van der Waals surface area contributed by atoms with Gasteiger partial charge in [-0.15, -0.1) is 11.6 Å². The molecule has 86 valence electrons. The molecule has 1 rings (SSSR count). The molecule has 1 heterocycles. The van der Waals surface area contributed by atoms with Crippen molar-refractivity contribution in [2.24, 2.45) is 13.0 Å². The molecule has 0 aliphatic heterocycles. The van der Waals surface area contributed by atoms with Crippen LogP contribution in [0, 0.1) is 12.8 Å². The summed E-state index contributed by atoms with van der Waals surface area (Å²) < 4.78 is 1.93. The highest BCUT2D eigenvalue weighted by molar-refractivity contribution is 6.17. The molecule has 0 aliphatic carbocycles. The lowest BCUT2D eigenvalue weighted by Gasteiger charge is -2.10. The summed E-state index contributed by atoms with van der Waals surface area (Å²) in [7, 11) is 1.98. The smallest absolute Gasteiger partial charge is 0.0597 e. The molecule has 0 aromatic carbocycles. The van der Waals surface area contributed by atoms with Gasteiger partial charge in [-0.2, -0.15) is 5.10 Å². The van der Waals surface area contributed by atoms with Crippen LogP contribution in [0.4, 0.5) is 0 Å². The van der Waals surface area contributed by atoms with E-state index in [9.17, 15) is 0 Å². The second-order valence-corrected chi connectivity index (χ2v) is 4.49. The van der Waals surface area contributed by atoms with E-state index < -0.39 is 0 Å². The maximum Gasteiger partial charge on any atom is 0.0597 e. The molecular weight excluding hydrogens is 210 g/mol. The fourth-order valence-electron chi connectivity index (χ4n) is 1.56. The Labute approximate surface area is 96.8 Å². The van der Waals surface area contributed by atoms with Gasteiger partial charge in [-0.05, 0) is 31.9 Å². The Balaban J connectivity index is 2.28. The normalized spacial score (nSPS) is 13.1. The number of nitrogens with one attached hydrogen (secondary N) is 1. The molecule has 0 saturated carbocycles. The average Bonchev–Trinajstić information content (AvgIpc) is 2.46. The van der Waals surface area contributed by atoms with Gasteiger partial charge in [-0.1, -0.05) is 6.92 Å². The predicted molar refractivity (Wildman–Crippen MR) is 64.2 cm³/mol. The van der Waals surface area contributed by atoms with Crippen molar-refractivity contribution in [3.63, 3.8) is 0 Å². The molecule has 1 aromatic rings. The zero-order valence-electron chi connectivity index (χ0n) is 9.76. The number of aryl methyl sites for hydroxylation is 2. The second-order valence-electron chi connectivity index (χ2n) is 4.11. The van der Waals surface area contributed by atoms with Crippen LogP contribution in [0.3, 0.4) is 0 Å². The van der Waals surface area contributed by atoms with Gasteiger partial charge in [0, 0.05) is 19.5 Å². The van der Waals surface area contributed by atoms with Crippen LogP contribution in [-0.2, 0) is 13.6 Å². The highest BCUT2D eigenvalue weighted by Gasteiger charge is 2.03. The lowest BCUT2D eigenvalue weighted by atomic mass is 10.1. The maximum atomic E-state index is 5.68. The molecule has 1 aromatic heterocycles.